The summed E-state index contributed by atoms with van der Waals surface area (Å²) in [5, 5.41) is 8.38. The summed E-state index contributed by atoms with van der Waals surface area (Å²) in [6.45, 7) is 2.67. The van der Waals surface area contributed by atoms with Crippen molar-refractivity contribution in [3.05, 3.63) is 102 Å². The second-order valence-electron chi connectivity index (χ2n) is 7.83. The minimum absolute atomic E-state index is 0.202. The zero-order valence-electron chi connectivity index (χ0n) is 18.5. The predicted octanol–water partition coefficient (Wildman–Crippen LogP) is 4.37. The summed E-state index contributed by atoms with van der Waals surface area (Å²) >= 11 is 0. The van der Waals surface area contributed by atoms with Crippen LogP contribution in [-0.2, 0) is 13.6 Å². The Hall–Kier alpha value is -4.26. The van der Waals surface area contributed by atoms with Crippen molar-refractivity contribution in [3.63, 3.8) is 0 Å². The van der Waals surface area contributed by atoms with Crippen LogP contribution in [-0.4, -0.2) is 30.2 Å². The number of fused-ring (bicyclic) bond motifs is 1. The van der Waals surface area contributed by atoms with Crippen LogP contribution in [0.2, 0.25) is 0 Å². The van der Waals surface area contributed by atoms with Crippen LogP contribution in [0.25, 0.3) is 22.3 Å². The highest BCUT2D eigenvalue weighted by Gasteiger charge is 2.24. The molecule has 3 aromatic heterocycles. The predicted molar refractivity (Wildman–Crippen MR) is 128 cm³/mol. The van der Waals surface area contributed by atoms with Gasteiger partial charge < -0.3 is 9.88 Å². The largest absolute Gasteiger partial charge is 0.338 e. The number of aromatic nitrogens is 5. The van der Waals surface area contributed by atoms with Crippen molar-refractivity contribution in [2.24, 2.45) is 7.05 Å². The van der Waals surface area contributed by atoms with E-state index in [1.54, 1.807) is 12.4 Å². The number of nitrogens with zero attached hydrogens (tertiary/aromatic N) is 5. The van der Waals surface area contributed by atoms with E-state index in [9.17, 15) is 4.79 Å². The van der Waals surface area contributed by atoms with Crippen molar-refractivity contribution in [2.45, 2.75) is 19.5 Å². The van der Waals surface area contributed by atoms with Gasteiger partial charge in [0.1, 0.15) is 11.9 Å². The first-order valence-corrected chi connectivity index (χ1v) is 10.9. The average Bonchev–Trinajstić information content (AvgIpc) is 3.48. The molecule has 1 unspecified atom stereocenters. The number of carbonyl (C=O) groups is 1. The standard InChI is InChI=1S/C26H24N6O/c1-3-32-24-21(17-28-32)20(16-22(29-24)18-10-6-4-7-11-18)26(33)30-23(19-12-8-5-9-13-19)25-27-14-15-31(25)2/h4-17,23H,3H2,1-2H3,(H,30,33). The zero-order valence-corrected chi connectivity index (χ0v) is 18.5. The fraction of sp³-hybridized carbons (Fsp3) is 0.154. The van der Waals surface area contributed by atoms with E-state index in [1.807, 2.05) is 96.1 Å². The van der Waals surface area contributed by atoms with Crippen LogP contribution >= 0.6 is 0 Å². The number of hydrogen-bond acceptors (Lipinski definition) is 4. The molecule has 164 valence electrons. The Morgan fingerprint density at radius 1 is 1.06 bits per heavy atom. The van der Waals surface area contributed by atoms with Crippen LogP contribution in [0.5, 0.6) is 0 Å². The van der Waals surface area contributed by atoms with Crippen molar-refractivity contribution in [3.8, 4) is 11.3 Å². The van der Waals surface area contributed by atoms with Crippen molar-refractivity contribution in [2.75, 3.05) is 0 Å². The Morgan fingerprint density at radius 3 is 2.45 bits per heavy atom. The maximum Gasteiger partial charge on any atom is 0.253 e. The molecule has 0 spiro atoms. The number of hydrogen-bond donors (Lipinski definition) is 1. The molecule has 0 radical (unpaired) electrons. The first-order valence-electron chi connectivity index (χ1n) is 10.9. The Labute approximate surface area is 191 Å². The number of nitrogens with one attached hydrogen (secondary N) is 1. The van der Waals surface area contributed by atoms with Gasteiger partial charge in [0.15, 0.2) is 5.65 Å². The smallest absolute Gasteiger partial charge is 0.253 e. The number of carbonyl (C=O) groups excluding carboxylic acids is 1. The van der Waals surface area contributed by atoms with E-state index in [0.717, 1.165) is 28.0 Å². The summed E-state index contributed by atoms with van der Waals surface area (Å²) in [6, 6.07) is 21.2. The van der Waals surface area contributed by atoms with Crippen molar-refractivity contribution >= 4 is 16.9 Å². The van der Waals surface area contributed by atoms with Gasteiger partial charge in [-0.1, -0.05) is 60.7 Å². The summed E-state index contributed by atoms with van der Waals surface area (Å²) < 4.78 is 3.73. The lowest BCUT2D eigenvalue weighted by molar-refractivity contribution is 0.0943. The van der Waals surface area contributed by atoms with Gasteiger partial charge in [0.05, 0.1) is 22.8 Å². The molecular formula is C26H24N6O. The van der Waals surface area contributed by atoms with Crippen molar-refractivity contribution in [1.82, 2.24) is 29.6 Å². The maximum absolute atomic E-state index is 13.7. The summed E-state index contributed by atoms with van der Waals surface area (Å²) in [6.07, 6.45) is 5.33. The first-order chi connectivity index (χ1) is 16.2. The van der Waals surface area contributed by atoms with Gasteiger partial charge in [0.2, 0.25) is 0 Å². The zero-order chi connectivity index (χ0) is 22.8. The van der Waals surface area contributed by atoms with Gasteiger partial charge in [-0.3, -0.25) is 4.79 Å². The SMILES string of the molecule is CCn1ncc2c(C(=O)NC(c3ccccc3)c3nccn3C)cc(-c3ccccc3)nc21. The molecule has 1 N–H and O–H groups in total. The number of imidazole rings is 1. The van der Waals surface area contributed by atoms with Crippen LogP contribution in [0.15, 0.2) is 85.3 Å². The van der Waals surface area contributed by atoms with E-state index in [4.69, 9.17) is 4.98 Å². The molecule has 2 aromatic carbocycles. The van der Waals surface area contributed by atoms with E-state index < -0.39 is 6.04 Å². The van der Waals surface area contributed by atoms with Gasteiger partial charge in [-0.15, -0.1) is 0 Å². The summed E-state index contributed by atoms with van der Waals surface area (Å²) in [7, 11) is 1.92. The van der Waals surface area contributed by atoms with Crippen LogP contribution in [0.1, 0.15) is 34.7 Å². The monoisotopic (exact) mass is 436 g/mol. The van der Waals surface area contributed by atoms with Gasteiger partial charge in [-0.2, -0.15) is 5.10 Å². The maximum atomic E-state index is 13.7. The molecule has 1 atom stereocenters. The molecule has 0 saturated carbocycles. The fourth-order valence-electron chi connectivity index (χ4n) is 4.03. The number of benzene rings is 2. The van der Waals surface area contributed by atoms with E-state index in [0.29, 0.717) is 17.8 Å². The third kappa shape index (κ3) is 3.89. The Kier molecular flexibility index (Phi) is 5.44. The molecule has 0 bridgehead atoms. The van der Waals surface area contributed by atoms with Gasteiger partial charge in [0.25, 0.3) is 5.91 Å². The highest BCUT2D eigenvalue weighted by atomic mass is 16.1. The number of rotatable bonds is 6. The van der Waals surface area contributed by atoms with E-state index >= 15 is 0 Å². The molecular weight excluding hydrogens is 412 g/mol. The minimum Gasteiger partial charge on any atom is -0.338 e. The van der Waals surface area contributed by atoms with Gasteiger partial charge in [-0.05, 0) is 18.6 Å². The molecule has 3 heterocycles. The number of amides is 1. The van der Waals surface area contributed by atoms with Crippen LogP contribution in [0.3, 0.4) is 0 Å². The molecule has 33 heavy (non-hydrogen) atoms. The Morgan fingerprint density at radius 2 is 1.79 bits per heavy atom. The van der Waals surface area contributed by atoms with Gasteiger partial charge in [0, 0.05) is 31.5 Å². The van der Waals surface area contributed by atoms with Crippen molar-refractivity contribution < 1.29 is 4.79 Å². The highest BCUT2D eigenvalue weighted by Crippen LogP contribution is 2.27. The molecule has 0 aliphatic carbocycles. The molecule has 7 heteroatoms. The molecule has 0 aliphatic rings. The summed E-state index contributed by atoms with van der Waals surface area (Å²) in [4.78, 5) is 23.0. The third-order valence-corrected chi connectivity index (χ3v) is 5.75. The Balaban J connectivity index is 1.61. The van der Waals surface area contributed by atoms with Gasteiger partial charge >= 0.3 is 0 Å². The minimum atomic E-state index is -0.400. The van der Waals surface area contributed by atoms with Crippen LogP contribution in [0.4, 0.5) is 0 Å². The highest BCUT2D eigenvalue weighted by molar-refractivity contribution is 6.06. The van der Waals surface area contributed by atoms with E-state index in [-0.39, 0.29) is 5.91 Å². The van der Waals surface area contributed by atoms with E-state index in [1.165, 1.54) is 0 Å². The molecule has 5 aromatic rings. The second-order valence-corrected chi connectivity index (χ2v) is 7.83. The molecule has 0 fully saturated rings. The van der Waals surface area contributed by atoms with E-state index in [2.05, 4.69) is 15.4 Å². The second kappa shape index (κ2) is 8.70. The molecule has 1 amide bonds. The molecule has 7 nitrogen and oxygen atoms in total. The molecule has 0 saturated heterocycles. The topological polar surface area (TPSA) is 77.6 Å². The van der Waals surface area contributed by atoms with Gasteiger partial charge in [-0.25, -0.2) is 14.6 Å². The summed E-state index contributed by atoms with van der Waals surface area (Å²) in [5.74, 6) is 0.555. The normalized spacial score (nSPS) is 12.1. The third-order valence-electron chi connectivity index (χ3n) is 5.75. The number of aryl methyl sites for hydroxylation is 2. The molecule has 5 rings (SSSR count). The first kappa shape index (κ1) is 20.6. The lowest BCUT2D eigenvalue weighted by Gasteiger charge is -2.19. The lowest BCUT2D eigenvalue weighted by Crippen LogP contribution is -2.31. The summed E-state index contributed by atoms with van der Waals surface area (Å²) in [5.41, 5.74) is 3.86. The molecule has 0 aliphatic heterocycles. The van der Waals surface area contributed by atoms with Crippen LogP contribution < -0.4 is 5.32 Å². The number of pyridine rings is 1. The lowest BCUT2D eigenvalue weighted by atomic mass is 10.0. The van der Waals surface area contributed by atoms with Crippen LogP contribution in [0, 0.1) is 0 Å². The Bertz CT molecular complexity index is 1410. The quantitative estimate of drug-likeness (QED) is 0.429. The average molecular weight is 437 g/mol. The fourth-order valence-corrected chi connectivity index (χ4v) is 4.03. The van der Waals surface area contributed by atoms with Crippen molar-refractivity contribution in [1.29, 1.82) is 0 Å².